The van der Waals surface area contributed by atoms with Gasteiger partial charge >= 0.3 is 0 Å². The van der Waals surface area contributed by atoms with Crippen LogP contribution >= 0.6 is 0 Å². The number of hydrogen-bond acceptors (Lipinski definition) is 5. The summed E-state index contributed by atoms with van der Waals surface area (Å²) >= 11 is 0. The van der Waals surface area contributed by atoms with Gasteiger partial charge in [0.25, 0.3) is 0 Å². The summed E-state index contributed by atoms with van der Waals surface area (Å²) in [7, 11) is -3.63. The maximum atomic E-state index is 13.0. The zero-order valence-corrected chi connectivity index (χ0v) is 19.1. The van der Waals surface area contributed by atoms with E-state index < -0.39 is 9.84 Å². The average molecular weight is 451 g/mol. The minimum atomic E-state index is -3.63. The van der Waals surface area contributed by atoms with Crippen molar-refractivity contribution < 1.29 is 17.7 Å². The highest BCUT2D eigenvalue weighted by Gasteiger charge is 2.23. The van der Waals surface area contributed by atoms with Crippen LogP contribution in [0.4, 0.5) is 0 Å². The molecule has 6 nitrogen and oxygen atoms in total. The minimum absolute atomic E-state index is 0.0398. The summed E-state index contributed by atoms with van der Waals surface area (Å²) in [5.74, 6) is 0.151. The number of nitrogens with zero attached hydrogens (tertiary/aromatic N) is 2. The van der Waals surface area contributed by atoms with Crippen LogP contribution < -0.4 is 0 Å². The van der Waals surface area contributed by atoms with Crippen LogP contribution in [0.3, 0.4) is 0 Å². The molecule has 0 unspecified atom stereocenters. The topological polar surface area (TPSA) is 80.5 Å². The number of benzene rings is 2. The van der Waals surface area contributed by atoms with Crippen molar-refractivity contribution in [2.24, 2.45) is 0 Å². The highest BCUT2D eigenvalue weighted by molar-refractivity contribution is 7.91. The van der Waals surface area contributed by atoms with Crippen molar-refractivity contribution in [2.45, 2.75) is 31.6 Å². The molecule has 0 saturated carbocycles. The van der Waals surface area contributed by atoms with Crippen LogP contribution in [0.5, 0.6) is 0 Å². The molecule has 0 saturated heterocycles. The summed E-state index contributed by atoms with van der Waals surface area (Å²) in [4.78, 5) is 14.7. The van der Waals surface area contributed by atoms with Crippen molar-refractivity contribution in [1.82, 2.24) is 10.1 Å². The van der Waals surface area contributed by atoms with Crippen LogP contribution in [0.25, 0.3) is 16.9 Å². The predicted octanol–water partition coefficient (Wildman–Crippen LogP) is 4.44. The first-order valence-corrected chi connectivity index (χ1v) is 12.3. The van der Waals surface area contributed by atoms with Gasteiger partial charge in [0.2, 0.25) is 5.91 Å². The first-order chi connectivity index (χ1) is 15.3. The molecule has 4 rings (SSSR count). The van der Waals surface area contributed by atoms with E-state index in [0.717, 1.165) is 12.1 Å². The van der Waals surface area contributed by atoms with Crippen molar-refractivity contribution in [1.29, 1.82) is 0 Å². The van der Waals surface area contributed by atoms with Crippen LogP contribution in [0.2, 0.25) is 0 Å². The van der Waals surface area contributed by atoms with E-state index in [2.05, 4.69) is 23.4 Å². The lowest BCUT2D eigenvalue weighted by molar-refractivity contribution is -0.130. The number of carbonyl (C=O) groups excluding carboxylic acids is 1. The molecule has 7 heteroatoms. The van der Waals surface area contributed by atoms with Crippen LogP contribution in [-0.4, -0.2) is 43.2 Å². The van der Waals surface area contributed by atoms with Crippen molar-refractivity contribution in [2.75, 3.05) is 18.8 Å². The number of sulfone groups is 1. The molecule has 0 spiro atoms. The number of hydrogen-bond donors (Lipinski definition) is 0. The Balaban J connectivity index is 1.42. The van der Waals surface area contributed by atoms with Gasteiger partial charge in [0, 0.05) is 31.1 Å². The Bertz CT molecular complexity index is 1260. The number of aryl methyl sites for hydroxylation is 2. The second-order valence-corrected chi connectivity index (χ2v) is 10.1. The smallest absolute Gasteiger partial charge is 0.223 e. The largest absolute Gasteiger partial charge is 0.356 e. The predicted molar refractivity (Wildman–Crippen MR) is 124 cm³/mol. The van der Waals surface area contributed by atoms with Gasteiger partial charge in [-0.3, -0.25) is 4.79 Å². The third-order valence-corrected chi connectivity index (χ3v) is 7.58. The Morgan fingerprint density at radius 2 is 1.84 bits per heavy atom. The second-order valence-electron chi connectivity index (χ2n) is 8.07. The molecule has 1 aliphatic heterocycles. The maximum absolute atomic E-state index is 13.0. The van der Waals surface area contributed by atoms with E-state index in [-0.39, 0.29) is 23.0 Å². The molecule has 2 aromatic carbocycles. The van der Waals surface area contributed by atoms with Gasteiger partial charge in [0.15, 0.2) is 15.6 Å². The second kappa shape index (κ2) is 9.12. The summed E-state index contributed by atoms with van der Waals surface area (Å²) in [5.41, 5.74) is 4.40. The average Bonchev–Trinajstić information content (AvgIpc) is 3.24. The summed E-state index contributed by atoms with van der Waals surface area (Å²) in [5, 5.41) is 3.86. The summed E-state index contributed by atoms with van der Waals surface area (Å²) < 4.78 is 31.3. The molecule has 0 atom stereocenters. The fraction of sp³-hybridized carbons (Fsp3) is 0.280. The first-order valence-electron chi connectivity index (χ1n) is 10.6. The summed E-state index contributed by atoms with van der Waals surface area (Å²) in [6, 6.07) is 17.0. The van der Waals surface area contributed by atoms with E-state index in [4.69, 9.17) is 4.52 Å². The van der Waals surface area contributed by atoms with Crippen molar-refractivity contribution >= 4 is 21.3 Å². The molecule has 32 heavy (non-hydrogen) atoms. The molecule has 166 valence electrons. The quantitative estimate of drug-likeness (QED) is 0.555. The first kappa shape index (κ1) is 22.0. The molecule has 0 aliphatic carbocycles. The van der Waals surface area contributed by atoms with E-state index in [1.54, 1.807) is 30.0 Å². The van der Waals surface area contributed by atoms with Gasteiger partial charge in [-0.25, -0.2) is 8.42 Å². The van der Waals surface area contributed by atoms with E-state index in [1.165, 1.54) is 11.1 Å². The van der Waals surface area contributed by atoms with Gasteiger partial charge in [0.1, 0.15) is 0 Å². The van der Waals surface area contributed by atoms with E-state index in [0.29, 0.717) is 30.0 Å². The highest BCUT2D eigenvalue weighted by Crippen LogP contribution is 2.27. The third-order valence-electron chi connectivity index (χ3n) is 5.73. The van der Waals surface area contributed by atoms with E-state index >= 15 is 0 Å². The highest BCUT2D eigenvalue weighted by atomic mass is 32.2. The number of aromatic nitrogens is 1. The fourth-order valence-corrected chi connectivity index (χ4v) is 5.42. The summed E-state index contributed by atoms with van der Waals surface area (Å²) in [6.07, 6.45) is 2.78. The molecule has 0 radical (unpaired) electrons. The van der Waals surface area contributed by atoms with Crippen LogP contribution in [0, 0.1) is 13.8 Å². The van der Waals surface area contributed by atoms with Gasteiger partial charge < -0.3 is 9.42 Å². The Morgan fingerprint density at radius 3 is 2.50 bits per heavy atom. The summed E-state index contributed by atoms with van der Waals surface area (Å²) in [6.45, 7) is 4.66. The van der Waals surface area contributed by atoms with Gasteiger partial charge in [-0.2, -0.15) is 0 Å². The van der Waals surface area contributed by atoms with Crippen molar-refractivity contribution in [3.05, 3.63) is 77.5 Å². The SMILES string of the molecule is Cc1cc(-c2ccc(C)c(S(=O)(=O)CCC(=O)N3CC=C(c4ccccc4)CC3)c2)on1. The van der Waals surface area contributed by atoms with Gasteiger partial charge in [0.05, 0.1) is 16.3 Å². The van der Waals surface area contributed by atoms with Crippen LogP contribution in [0.15, 0.2) is 70.1 Å². The molecule has 1 aliphatic rings. The van der Waals surface area contributed by atoms with Crippen molar-refractivity contribution in [3.8, 4) is 11.3 Å². The molecule has 2 heterocycles. The Hall–Kier alpha value is -3.19. The maximum Gasteiger partial charge on any atom is 0.223 e. The van der Waals surface area contributed by atoms with Crippen LogP contribution in [0.1, 0.15) is 29.7 Å². The standard InChI is InChI=1S/C25H26N2O4S/c1-18-8-9-22(23-16-19(2)26-31-23)17-24(18)32(29,30)15-12-25(28)27-13-10-21(11-14-27)20-6-4-3-5-7-20/h3-10,16-17H,11-15H2,1-2H3. The molecule has 0 fully saturated rings. The lowest BCUT2D eigenvalue weighted by Gasteiger charge is -2.26. The third kappa shape index (κ3) is 4.83. The molecule has 3 aromatic rings. The zero-order valence-electron chi connectivity index (χ0n) is 18.2. The van der Waals surface area contributed by atoms with Gasteiger partial charge in [-0.1, -0.05) is 53.7 Å². The van der Waals surface area contributed by atoms with Gasteiger partial charge in [-0.15, -0.1) is 0 Å². The molecule has 1 aromatic heterocycles. The molecule has 0 N–H and O–H groups in total. The lowest BCUT2D eigenvalue weighted by atomic mass is 9.99. The Morgan fingerprint density at radius 1 is 1.06 bits per heavy atom. The number of carbonyl (C=O) groups is 1. The normalized spacial score (nSPS) is 14.3. The van der Waals surface area contributed by atoms with E-state index in [9.17, 15) is 13.2 Å². The molecular formula is C25H26N2O4S. The Kier molecular flexibility index (Phi) is 6.28. The lowest BCUT2D eigenvalue weighted by Crippen LogP contribution is -2.35. The fourth-order valence-electron chi connectivity index (χ4n) is 3.89. The number of amides is 1. The van der Waals surface area contributed by atoms with Crippen LogP contribution in [-0.2, 0) is 14.6 Å². The molecule has 0 bridgehead atoms. The Labute approximate surface area is 188 Å². The van der Waals surface area contributed by atoms with Gasteiger partial charge in [-0.05, 0) is 43.0 Å². The van der Waals surface area contributed by atoms with E-state index in [1.807, 2.05) is 31.2 Å². The molecule has 1 amide bonds. The number of rotatable bonds is 6. The van der Waals surface area contributed by atoms with Crippen molar-refractivity contribution in [3.63, 3.8) is 0 Å². The monoisotopic (exact) mass is 450 g/mol. The molecular weight excluding hydrogens is 424 g/mol. The minimum Gasteiger partial charge on any atom is -0.356 e. The zero-order chi connectivity index (χ0) is 22.7.